The molecule has 2 heterocycles. The van der Waals surface area contributed by atoms with E-state index in [1.54, 1.807) is 12.1 Å². The molecule has 4 nitrogen and oxygen atoms in total. The van der Waals surface area contributed by atoms with Crippen LogP contribution in [0.3, 0.4) is 0 Å². The lowest BCUT2D eigenvalue weighted by Crippen LogP contribution is -1.94. The van der Waals surface area contributed by atoms with Crippen molar-refractivity contribution in [2.24, 2.45) is 0 Å². The van der Waals surface area contributed by atoms with Crippen LogP contribution in [0.15, 0.2) is 42.5 Å². The van der Waals surface area contributed by atoms with Gasteiger partial charge in [0.2, 0.25) is 0 Å². The van der Waals surface area contributed by atoms with E-state index < -0.39 is 0 Å². The Hall–Kier alpha value is -2.36. The van der Waals surface area contributed by atoms with Crippen molar-refractivity contribution >= 4 is 5.65 Å². The fourth-order valence-corrected chi connectivity index (χ4v) is 2.00. The van der Waals surface area contributed by atoms with E-state index in [1.807, 2.05) is 41.8 Å². The number of pyridine rings is 1. The van der Waals surface area contributed by atoms with Gasteiger partial charge >= 0.3 is 0 Å². The van der Waals surface area contributed by atoms with Gasteiger partial charge in [-0.2, -0.15) is 5.10 Å². The van der Waals surface area contributed by atoms with Crippen molar-refractivity contribution in [1.29, 1.82) is 0 Å². The minimum absolute atomic E-state index is 0.271. The van der Waals surface area contributed by atoms with Crippen LogP contribution < -0.4 is 0 Å². The maximum Gasteiger partial charge on any atom is 0.156 e. The number of hydrogen-bond acceptors (Lipinski definition) is 3. The van der Waals surface area contributed by atoms with Gasteiger partial charge < -0.3 is 5.11 Å². The summed E-state index contributed by atoms with van der Waals surface area (Å²) in [5.41, 5.74) is 2.91. The minimum Gasteiger partial charge on any atom is -0.508 e. The average Bonchev–Trinajstić information content (AvgIpc) is 2.73. The van der Waals surface area contributed by atoms with Gasteiger partial charge in [-0.1, -0.05) is 18.2 Å². The van der Waals surface area contributed by atoms with Crippen molar-refractivity contribution in [3.05, 3.63) is 59.5 Å². The second-order valence-corrected chi connectivity index (χ2v) is 4.31. The average molecular weight is 239 g/mol. The fraction of sp³-hybridized carbons (Fsp3) is 0.143. The van der Waals surface area contributed by atoms with E-state index in [4.69, 9.17) is 0 Å². The van der Waals surface area contributed by atoms with Crippen LogP contribution in [0.25, 0.3) is 5.65 Å². The summed E-state index contributed by atoms with van der Waals surface area (Å²) in [5, 5.41) is 13.9. The lowest BCUT2D eigenvalue weighted by molar-refractivity contribution is 0.474. The van der Waals surface area contributed by atoms with Crippen molar-refractivity contribution < 1.29 is 5.11 Å². The molecule has 0 unspecified atom stereocenters. The van der Waals surface area contributed by atoms with Crippen LogP contribution in [-0.2, 0) is 6.42 Å². The van der Waals surface area contributed by atoms with Crippen LogP contribution in [0.5, 0.6) is 5.75 Å². The van der Waals surface area contributed by atoms with Crippen molar-refractivity contribution in [2.45, 2.75) is 13.3 Å². The minimum atomic E-state index is 0.271. The Morgan fingerprint density at radius 2 is 2.00 bits per heavy atom. The molecular weight excluding hydrogens is 226 g/mol. The molecule has 3 rings (SSSR count). The highest BCUT2D eigenvalue weighted by Crippen LogP contribution is 2.14. The lowest BCUT2D eigenvalue weighted by atomic mass is 10.1. The summed E-state index contributed by atoms with van der Waals surface area (Å²) in [6.45, 7) is 2.00. The van der Waals surface area contributed by atoms with Gasteiger partial charge in [0, 0.05) is 12.1 Å². The maximum absolute atomic E-state index is 9.43. The molecule has 0 fully saturated rings. The summed E-state index contributed by atoms with van der Waals surface area (Å²) in [5.74, 6) is 1.03. The van der Waals surface area contributed by atoms with Gasteiger partial charge in [-0.25, -0.2) is 9.50 Å². The molecule has 0 atom stereocenters. The molecule has 0 radical (unpaired) electrons. The molecule has 3 aromatic rings. The summed E-state index contributed by atoms with van der Waals surface area (Å²) in [6.07, 6.45) is 0.621. The third kappa shape index (κ3) is 1.93. The molecule has 0 spiro atoms. The largest absolute Gasteiger partial charge is 0.508 e. The van der Waals surface area contributed by atoms with Crippen LogP contribution in [-0.4, -0.2) is 19.7 Å². The predicted octanol–water partition coefficient (Wildman–Crippen LogP) is 2.33. The Labute approximate surface area is 105 Å². The molecule has 0 aliphatic rings. The van der Waals surface area contributed by atoms with Gasteiger partial charge in [-0.3, -0.25) is 0 Å². The number of hydrogen-bond donors (Lipinski definition) is 1. The van der Waals surface area contributed by atoms with Gasteiger partial charge in [0.05, 0.1) is 0 Å². The van der Waals surface area contributed by atoms with E-state index in [1.165, 1.54) is 0 Å². The molecule has 0 aliphatic carbocycles. The standard InChI is InChI=1S/C14H13N3O/c1-10-4-2-7-14-15-13(16-17(10)14)9-11-5-3-6-12(18)8-11/h2-8,18H,9H2,1H3. The third-order valence-corrected chi connectivity index (χ3v) is 2.87. The van der Waals surface area contributed by atoms with Gasteiger partial charge in [-0.15, -0.1) is 0 Å². The van der Waals surface area contributed by atoms with Gasteiger partial charge in [0.1, 0.15) is 5.75 Å². The summed E-state index contributed by atoms with van der Waals surface area (Å²) >= 11 is 0. The summed E-state index contributed by atoms with van der Waals surface area (Å²) in [4.78, 5) is 4.47. The number of benzene rings is 1. The zero-order chi connectivity index (χ0) is 12.5. The number of aromatic hydroxyl groups is 1. The van der Waals surface area contributed by atoms with Gasteiger partial charge in [0.25, 0.3) is 0 Å². The Bertz CT molecular complexity index is 703. The van der Waals surface area contributed by atoms with Crippen LogP contribution >= 0.6 is 0 Å². The van der Waals surface area contributed by atoms with Crippen LogP contribution in [0.2, 0.25) is 0 Å². The normalized spacial score (nSPS) is 10.9. The molecule has 0 amide bonds. The smallest absolute Gasteiger partial charge is 0.156 e. The molecule has 1 N–H and O–H groups in total. The first-order valence-corrected chi connectivity index (χ1v) is 5.81. The van der Waals surface area contributed by atoms with E-state index in [0.29, 0.717) is 6.42 Å². The number of rotatable bonds is 2. The maximum atomic E-state index is 9.43. The second kappa shape index (κ2) is 4.14. The first-order chi connectivity index (χ1) is 8.72. The first kappa shape index (κ1) is 10.8. The number of aromatic nitrogens is 3. The number of fused-ring (bicyclic) bond motifs is 1. The molecule has 0 aliphatic heterocycles. The summed E-state index contributed by atoms with van der Waals surface area (Å²) in [7, 11) is 0. The van der Waals surface area contributed by atoms with E-state index in [9.17, 15) is 5.11 Å². The van der Waals surface area contributed by atoms with E-state index in [2.05, 4.69) is 10.1 Å². The van der Waals surface area contributed by atoms with Crippen molar-refractivity contribution in [2.75, 3.05) is 0 Å². The number of phenols is 1. The highest BCUT2D eigenvalue weighted by molar-refractivity contribution is 5.39. The molecule has 18 heavy (non-hydrogen) atoms. The molecule has 0 saturated carbocycles. The van der Waals surface area contributed by atoms with Gasteiger partial charge in [0.15, 0.2) is 11.5 Å². The lowest BCUT2D eigenvalue weighted by Gasteiger charge is -1.97. The molecular formula is C14H13N3O. The van der Waals surface area contributed by atoms with Crippen molar-refractivity contribution in [1.82, 2.24) is 14.6 Å². The SMILES string of the molecule is Cc1cccc2nc(Cc3cccc(O)c3)nn12. The number of phenolic OH excluding ortho intramolecular Hbond substituents is 1. The Kier molecular flexibility index (Phi) is 2.48. The van der Waals surface area contributed by atoms with E-state index >= 15 is 0 Å². The van der Waals surface area contributed by atoms with Gasteiger partial charge in [-0.05, 0) is 36.8 Å². The van der Waals surface area contributed by atoms with Crippen molar-refractivity contribution in [3.8, 4) is 5.75 Å². The highest BCUT2D eigenvalue weighted by atomic mass is 16.3. The zero-order valence-electron chi connectivity index (χ0n) is 10.0. The zero-order valence-corrected chi connectivity index (χ0v) is 10.0. The summed E-state index contributed by atoms with van der Waals surface area (Å²) < 4.78 is 1.83. The quantitative estimate of drug-likeness (QED) is 0.746. The molecule has 0 saturated heterocycles. The number of aryl methyl sites for hydroxylation is 1. The molecule has 0 bridgehead atoms. The molecule has 1 aromatic carbocycles. The molecule has 4 heteroatoms. The molecule has 2 aromatic heterocycles. The van der Waals surface area contributed by atoms with E-state index in [0.717, 1.165) is 22.7 Å². The second-order valence-electron chi connectivity index (χ2n) is 4.31. The predicted molar refractivity (Wildman–Crippen MR) is 68.6 cm³/mol. The van der Waals surface area contributed by atoms with Crippen LogP contribution in [0.4, 0.5) is 0 Å². The topological polar surface area (TPSA) is 50.4 Å². The first-order valence-electron chi connectivity index (χ1n) is 5.81. The van der Waals surface area contributed by atoms with Crippen molar-refractivity contribution in [3.63, 3.8) is 0 Å². The fourth-order valence-electron chi connectivity index (χ4n) is 2.00. The third-order valence-electron chi connectivity index (χ3n) is 2.87. The van der Waals surface area contributed by atoms with Crippen LogP contribution in [0.1, 0.15) is 17.1 Å². The Morgan fingerprint density at radius 3 is 2.78 bits per heavy atom. The Balaban J connectivity index is 1.98. The Morgan fingerprint density at radius 1 is 1.17 bits per heavy atom. The molecule has 90 valence electrons. The van der Waals surface area contributed by atoms with E-state index in [-0.39, 0.29) is 5.75 Å². The number of nitrogens with zero attached hydrogens (tertiary/aromatic N) is 3. The highest BCUT2D eigenvalue weighted by Gasteiger charge is 2.06. The monoisotopic (exact) mass is 239 g/mol. The van der Waals surface area contributed by atoms with Crippen LogP contribution in [0, 0.1) is 6.92 Å². The summed E-state index contributed by atoms with van der Waals surface area (Å²) in [6, 6.07) is 13.1.